The van der Waals surface area contributed by atoms with Crippen LogP contribution in [0, 0.1) is 11.8 Å². The van der Waals surface area contributed by atoms with Gasteiger partial charge in [-0.05, 0) is 38.9 Å². The summed E-state index contributed by atoms with van der Waals surface area (Å²) in [7, 11) is -1.50. The molecule has 8 nitrogen and oxygen atoms in total. The maximum atomic E-state index is 14.0. The van der Waals surface area contributed by atoms with Crippen LogP contribution in [-0.4, -0.2) is 74.9 Å². The van der Waals surface area contributed by atoms with Crippen LogP contribution in [-0.2, 0) is 33.1 Å². The van der Waals surface area contributed by atoms with Gasteiger partial charge in [-0.15, -0.1) is 0 Å². The van der Waals surface area contributed by atoms with E-state index in [0.717, 1.165) is 0 Å². The summed E-state index contributed by atoms with van der Waals surface area (Å²) in [5, 5.41) is 0. The molecule has 0 radical (unpaired) electrons. The Kier molecular flexibility index (Phi) is 8.05. The van der Waals surface area contributed by atoms with Crippen LogP contribution in [0.2, 0.25) is 19.6 Å². The highest BCUT2D eigenvalue weighted by Gasteiger charge is 2.65. The predicted octanol–water partition coefficient (Wildman–Crippen LogP) is 2.24. The van der Waals surface area contributed by atoms with E-state index in [2.05, 4.69) is 11.3 Å². The zero-order chi connectivity index (χ0) is 24.4. The Bertz CT molecular complexity index is 780. The second-order valence-electron chi connectivity index (χ2n) is 8.77. The number of hydrogen-bond donors (Lipinski definition) is 0. The maximum Gasteiger partial charge on any atom is 0.414 e. The van der Waals surface area contributed by atoms with E-state index in [9.17, 15) is 32.3 Å². The number of rotatable bonds is 7. The van der Waals surface area contributed by atoms with Gasteiger partial charge >= 0.3 is 18.1 Å². The van der Waals surface area contributed by atoms with Crippen LogP contribution < -0.4 is 0 Å². The fourth-order valence-electron chi connectivity index (χ4n) is 4.15. The molecule has 0 unspecified atom stereocenters. The Morgan fingerprint density at radius 2 is 1.88 bits per heavy atom. The molecule has 0 aromatic rings. The molecule has 1 heterocycles. The van der Waals surface area contributed by atoms with Gasteiger partial charge in [0.2, 0.25) is 5.91 Å². The number of esters is 1. The highest BCUT2D eigenvalue weighted by atomic mass is 28.4. The molecule has 1 saturated heterocycles. The number of likely N-dealkylation sites (tertiary alicyclic amines) is 1. The monoisotopic (exact) mass is 479 g/mol. The quantitative estimate of drug-likeness (QED) is 0.182. The third-order valence-corrected chi connectivity index (χ3v) is 6.37. The molecular weight excluding hydrogens is 451 g/mol. The largest absolute Gasteiger partial charge is 0.454 e. The van der Waals surface area contributed by atoms with Crippen LogP contribution in [0.15, 0.2) is 12.7 Å². The van der Waals surface area contributed by atoms with Crippen molar-refractivity contribution in [3.63, 3.8) is 0 Å². The van der Waals surface area contributed by atoms with Crippen molar-refractivity contribution in [2.24, 2.45) is 11.8 Å². The van der Waals surface area contributed by atoms with Gasteiger partial charge in [0.25, 0.3) is 0 Å². The molecule has 0 bridgehead atoms. The van der Waals surface area contributed by atoms with Gasteiger partial charge in [-0.25, -0.2) is 4.79 Å². The molecule has 2 rings (SSSR count). The predicted molar refractivity (Wildman–Crippen MR) is 108 cm³/mol. The van der Waals surface area contributed by atoms with Gasteiger partial charge in [-0.3, -0.25) is 19.3 Å². The molecule has 12 heteroatoms. The molecular formula is C20H28F3NO7Si. The zero-order valence-electron chi connectivity index (χ0n) is 18.4. The molecule has 1 aliphatic heterocycles. The van der Waals surface area contributed by atoms with Crippen molar-refractivity contribution in [2.75, 3.05) is 13.7 Å². The normalized spacial score (nSPS) is 27.5. The van der Waals surface area contributed by atoms with Crippen LogP contribution in [0.25, 0.3) is 0 Å². The zero-order valence-corrected chi connectivity index (χ0v) is 19.4. The van der Waals surface area contributed by atoms with Crippen molar-refractivity contribution in [1.29, 1.82) is 0 Å². The first-order chi connectivity index (χ1) is 14.7. The molecule has 2 fully saturated rings. The summed E-state index contributed by atoms with van der Waals surface area (Å²) in [6.07, 6.45) is -6.13. The standard InChI is InChI=1S/C20H28F3NO7Si/c1-6-10-30-19(28)18(27)24-14(11-8-7-9-12(29-2)15(11)25)13(17(24)26)16(20(21,22)23)31-32(3,4)5/h6,11-14,16H,1,7-10H2,2-5H3/t11-,12+,13+,14-,16+/m1/s1. The van der Waals surface area contributed by atoms with Crippen molar-refractivity contribution < 1.29 is 46.2 Å². The molecule has 0 aromatic carbocycles. The number of carbonyl (C=O) groups excluding carboxylic acids is 4. The first-order valence-electron chi connectivity index (χ1n) is 10.2. The maximum absolute atomic E-state index is 14.0. The number of nitrogens with zero attached hydrogens (tertiary/aromatic N) is 1. The van der Waals surface area contributed by atoms with Crippen molar-refractivity contribution in [2.45, 2.75) is 63.3 Å². The number of imide groups is 1. The van der Waals surface area contributed by atoms with Crippen LogP contribution in [0.3, 0.4) is 0 Å². The highest BCUT2D eigenvalue weighted by Crippen LogP contribution is 2.45. The number of Topliss-reactive ketones (excluding diaryl/α,β-unsaturated/α-hetero) is 1. The van der Waals surface area contributed by atoms with E-state index in [1.54, 1.807) is 0 Å². The molecule has 0 N–H and O–H groups in total. The SMILES string of the molecule is C=CCOC(=O)C(=O)N1C(=O)[C@H]([C@H](O[Si](C)(C)C)C(F)(F)F)[C@H]1[C@H]1CCC[C@H](OC)C1=O. The van der Waals surface area contributed by atoms with E-state index in [4.69, 9.17) is 9.16 Å². The third-order valence-electron chi connectivity index (χ3n) is 5.40. The number of methoxy groups -OCH3 is 1. The van der Waals surface area contributed by atoms with Gasteiger partial charge < -0.3 is 13.9 Å². The number of halogens is 3. The smallest absolute Gasteiger partial charge is 0.414 e. The first-order valence-corrected chi connectivity index (χ1v) is 13.6. The van der Waals surface area contributed by atoms with Gasteiger partial charge in [0.1, 0.15) is 12.7 Å². The van der Waals surface area contributed by atoms with E-state index in [-0.39, 0.29) is 13.0 Å². The Balaban J connectivity index is 2.47. The minimum atomic E-state index is -4.92. The molecule has 5 atom stereocenters. The van der Waals surface area contributed by atoms with Gasteiger partial charge in [-0.2, -0.15) is 13.2 Å². The van der Waals surface area contributed by atoms with Crippen molar-refractivity contribution in [1.82, 2.24) is 4.90 Å². The Labute approximate surface area is 185 Å². The summed E-state index contributed by atoms with van der Waals surface area (Å²) in [5.74, 6) is -7.50. The number of hydrogen-bond acceptors (Lipinski definition) is 7. The summed E-state index contributed by atoms with van der Waals surface area (Å²) in [6.45, 7) is 7.61. The van der Waals surface area contributed by atoms with Gasteiger partial charge in [0.15, 0.2) is 20.2 Å². The summed E-state index contributed by atoms with van der Waals surface area (Å²) in [4.78, 5) is 50.8. The van der Waals surface area contributed by atoms with E-state index < -0.39 is 68.1 Å². The summed E-state index contributed by atoms with van der Waals surface area (Å²) >= 11 is 0. The summed E-state index contributed by atoms with van der Waals surface area (Å²) in [5.41, 5.74) is 0. The lowest BCUT2D eigenvalue weighted by Gasteiger charge is -2.52. The van der Waals surface area contributed by atoms with Gasteiger partial charge in [0, 0.05) is 13.0 Å². The summed E-state index contributed by atoms with van der Waals surface area (Å²) < 4.78 is 57.0. The van der Waals surface area contributed by atoms with Crippen LogP contribution in [0.5, 0.6) is 0 Å². The number of amides is 2. The summed E-state index contributed by atoms with van der Waals surface area (Å²) in [6, 6.07) is -1.49. The Morgan fingerprint density at radius 1 is 1.25 bits per heavy atom. The fraction of sp³-hybridized carbons (Fsp3) is 0.700. The van der Waals surface area contributed by atoms with Crippen molar-refractivity contribution in [3.8, 4) is 0 Å². The van der Waals surface area contributed by atoms with E-state index >= 15 is 0 Å². The van der Waals surface area contributed by atoms with Crippen molar-refractivity contribution >= 4 is 31.9 Å². The lowest BCUT2D eigenvalue weighted by Crippen LogP contribution is -2.73. The van der Waals surface area contributed by atoms with Crippen LogP contribution in [0.4, 0.5) is 13.2 Å². The van der Waals surface area contributed by atoms with Crippen LogP contribution in [0.1, 0.15) is 19.3 Å². The van der Waals surface area contributed by atoms with E-state index in [1.807, 2.05) is 0 Å². The second kappa shape index (κ2) is 9.83. The minimum absolute atomic E-state index is 0.149. The molecule has 0 spiro atoms. The number of β-lactam (4-membered cyclic amide) rings is 1. The topological polar surface area (TPSA) is 99.2 Å². The van der Waals surface area contributed by atoms with E-state index in [1.165, 1.54) is 32.8 Å². The number of alkyl halides is 3. The van der Waals surface area contributed by atoms with E-state index in [0.29, 0.717) is 17.7 Å². The average molecular weight is 480 g/mol. The molecule has 2 aliphatic rings. The average Bonchev–Trinajstić information content (AvgIpc) is 2.68. The first kappa shape index (κ1) is 26.2. The number of carbonyl (C=O) groups is 4. The number of ether oxygens (including phenoxy) is 2. The molecule has 32 heavy (non-hydrogen) atoms. The molecule has 2 amide bonds. The molecule has 1 saturated carbocycles. The lowest BCUT2D eigenvalue weighted by molar-refractivity contribution is -0.237. The van der Waals surface area contributed by atoms with Crippen molar-refractivity contribution in [3.05, 3.63) is 12.7 Å². The highest BCUT2D eigenvalue weighted by molar-refractivity contribution is 6.69. The van der Waals surface area contributed by atoms with Crippen LogP contribution >= 0.6 is 0 Å². The Morgan fingerprint density at radius 3 is 2.38 bits per heavy atom. The fourth-order valence-corrected chi connectivity index (χ4v) is 5.19. The Hall–Kier alpha value is -2.05. The number of ketones is 1. The second-order valence-corrected chi connectivity index (χ2v) is 13.2. The lowest BCUT2D eigenvalue weighted by atomic mass is 9.69. The third kappa shape index (κ3) is 5.46. The van der Waals surface area contributed by atoms with Gasteiger partial charge in [0.05, 0.1) is 12.0 Å². The molecule has 0 aromatic heterocycles. The molecule has 1 aliphatic carbocycles. The van der Waals surface area contributed by atoms with Gasteiger partial charge in [-0.1, -0.05) is 12.7 Å². The minimum Gasteiger partial charge on any atom is -0.454 e. The molecule has 180 valence electrons.